The van der Waals surface area contributed by atoms with Gasteiger partial charge in [-0.05, 0) is 190 Å². The highest BCUT2D eigenvalue weighted by molar-refractivity contribution is 5.77. The first-order valence-electron chi connectivity index (χ1n) is 26.2. The van der Waals surface area contributed by atoms with E-state index in [2.05, 4.69) is 51.3 Å². The number of nitrogens with one attached hydrogen (secondary N) is 3. The van der Waals surface area contributed by atoms with Gasteiger partial charge in [-0.3, -0.25) is 15.0 Å². The molecule has 0 aromatic carbocycles. The Morgan fingerprint density at radius 3 is 2.06 bits per heavy atom. The molecular formula is C54H92N4O6. The van der Waals surface area contributed by atoms with Crippen LogP contribution in [0.5, 0.6) is 0 Å². The van der Waals surface area contributed by atoms with E-state index >= 15 is 0 Å². The van der Waals surface area contributed by atoms with Crippen LogP contribution in [0.1, 0.15) is 205 Å². The lowest BCUT2D eigenvalue weighted by Gasteiger charge is -2.58. The van der Waals surface area contributed by atoms with Gasteiger partial charge in [-0.15, -0.1) is 0 Å². The Balaban J connectivity index is 0.947. The van der Waals surface area contributed by atoms with E-state index in [-0.39, 0.29) is 54.0 Å². The largest absolute Gasteiger partial charge is 0.462 e. The lowest BCUT2D eigenvalue weighted by atomic mass is 9.47. The summed E-state index contributed by atoms with van der Waals surface area (Å²) < 4.78 is 17.3. The maximum atomic E-state index is 13.8. The molecule has 364 valence electrons. The Bertz CT molecular complexity index is 1590. The van der Waals surface area contributed by atoms with E-state index in [1.54, 1.807) is 5.57 Å². The fraction of sp³-hybridized carbons (Fsp3) is 0.889. The summed E-state index contributed by atoms with van der Waals surface area (Å²) in [5, 5.41) is 14.4. The molecule has 6 rings (SSSR count). The fourth-order valence-electron chi connectivity index (χ4n) is 13.8. The number of ether oxygens (including phenoxy) is 3. The van der Waals surface area contributed by atoms with E-state index in [1.807, 2.05) is 46.4 Å². The first-order valence-corrected chi connectivity index (χ1v) is 26.2. The predicted octanol–water partition coefficient (Wildman–Crippen LogP) is 12.1. The smallest absolute Gasteiger partial charge is 0.407 e. The van der Waals surface area contributed by atoms with Crippen LogP contribution in [0, 0.1) is 63.6 Å². The van der Waals surface area contributed by atoms with Gasteiger partial charge >= 0.3 is 12.1 Å². The Labute approximate surface area is 389 Å². The molecule has 5 fully saturated rings. The summed E-state index contributed by atoms with van der Waals surface area (Å²) in [5.74, 6) is 5.76. The van der Waals surface area contributed by atoms with Crippen molar-refractivity contribution in [3.8, 4) is 0 Å². The topological polar surface area (TPSA) is 130 Å². The normalized spacial score (nSPS) is 33.8. The number of alkyl carbamates (subject to hydrolysis) is 1. The average molecular weight is 893 g/mol. The van der Waals surface area contributed by atoms with E-state index in [0.717, 1.165) is 93.3 Å². The van der Waals surface area contributed by atoms with Gasteiger partial charge in [0.15, 0.2) is 0 Å². The number of rotatable bonds is 18. The molecule has 2 amide bonds. The molecule has 0 aromatic heterocycles. The van der Waals surface area contributed by atoms with Crippen LogP contribution in [-0.4, -0.2) is 71.4 Å². The Kier molecular flexibility index (Phi) is 16.6. The minimum absolute atomic E-state index is 0.0624. The second-order valence-corrected chi connectivity index (χ2v) is 24.9. The summed E-state index contributed by atoms with van der Waals surface area (Å²) in [7, 11) is 0. The Hall–Kier alpha value is -2.78. The highest BCUT2D eigenvalue weighted by Gasteiger charge is 2.59. The number of nitrogens with zero attached hydrogens (tertiary/aromatic N) is 1. The van der Waals surface area contributed by atoms with Gasteiger partial charge in [-0.1, -0.05) is 65.5 Å². The third kappa shape index (κ3) is 13.2. The highest BCUT2D eigenvalue weighted by atomic mass is 16.6. The number of carbonyl (C=O) groups is 3. The monoisotopic (exact) mass is 893 g/mol. The summed E-state index contributed by atoms with van der Waals surface area (Å²) in [6.45, 7) is 25.3. The van der Waals surface area contributed by atoms with Crippen molar-refractivity contribution in [1.82, 2.24) is 15.5 Å². The van der Waals surface area contributed by atoms with Crippen molar-refractivity contribution in [2.75, 3.05) is 13.1 Å². The first-order chi connectivity index (χ1) is 30.0. The summed E-state index contributed by atoms with van der Waals surface area (Å²) in [6.07, 6.45) is 22.6. The third-order valence-electron chi connectivity index (χ3n) is 17.2. The van der Waals surface area contributed by atoms with Gasteiger partial charge in [0, 0.05) is 44.4 Å². The summed E-state index contributed by atoms with van der Waals surface area (Å²) in [5.41, 5.74) is 1.32. The van der Waals surface area contributed by atoms with E-state index in [9.17, 15) is 14.4 Å². The maximum Gasteiger partial charge on any atom is 0.407 e. The number of amidine groups is 1. The van der Waals surface area contributed by atoms with Crippen molar-refractivity contribution in [3.63, 3.8) is 0 Å². The van der Waals surface area contributed by atoms with Crippen LogP contribution in [-0.2, 0) is 23.8 Å². The van der Waals surface area contributed by atoms with Crippen LogP contribution in [0.2, 0.25) is 0 Å². The number of carbonyl (C=O) groups excluding carboxylic acids is 3. The van der Waals surface area contributed by atoms with Crippen molar-refractivity contribution in [2.45, 2.75) is 234 Å². The van der Waals surface area contributed by atoms with Crippen LogP contribution in [0.4, 0.5) is 4.79 Å². The van der Waals surface area contributed by atoms with Gasteiger partial charge in [0.2, 0.25) is 5.91 Å². The van der Waals surface area contributed by atoms with Gasteiger partial charge in [-0.2, -0.15) is 0 Å². The van der Waals surface area contributed by atoms with E-state index in [0.29, 0.717) is 43.2 Å². The number of hydrogen-bond donors (Lipinski definition) is 3. The lowest BCUT2D eigenvalue weighted by Crippen LogP contribution is -2.51. The van der Waals surface area contributed by atoms with Crippen LogP contribution in [0.15, 0.2) is 11.6 Å². The lowest BCUT2D eigenvalue weighted by molar-refractivity contribution is -0.151. The Morgan fingerprint density at radius 2 is 1.44 bits per heavy atom. The zero-order chi connectivity index (χ0) is 46.6. The summed E-state index contributed by atoms with van der Waals surface area (Å²) in [4.78, 5) is 41.4. The molecule has 10 nitrogen and oxygen atoms in total. The number of amides is 2. The van der Waals surface area contributed by atoms with Crippen molar-refractivity contribution >= 4 is 24.0 Å². The van der Waals surface area contributed by atoms with Crippen molar-refractivity contribution < 1.29 is 28.6 Å². The average Bonchev–Trinajstić information content (AvgIpc) is 3.51. The van der Waals surface area contributed by atoms with E-state index in [4.69, 9.17) is 19.6 Å². The molecule has 0 spiro atoms. The molecule has 0 saturated heterocycles. The number of allylic oxidation sites excluding steroid dienone is 1. The zero-order valence-corrected chi connectivity index (χ0v) is 42.4. The summed E-state index contributed by atoms with van der Waals surface area (Å²) in [6, 6.07) is 0.464. The fourth-order valence-corrected chi connectivity index (χ4v) is 13.8. The number of hydrogen-bond acceptors (Lipinski definition) is 7. The van der Waals surface area contributed by atoms with Gasteiger partial charge in [0.25, 0.3) is 6.02 Å². The van der Waals surface area contributed by atoms with Crippen LogP contribution >= 0.6 is 0 Å². The van der Waals surface area contributed by atoms with Gasteiger partial charge < -0.3 is 29.7 Å². The quantitative estimate of drug-likeness (QED) is 0.0541. The standard InChI is InChI=1S/C54H92N4O6/c1-35(2)14-12-15-36(3)44-20-21-45-43-19-18-39-34-42(22-26-53(39,10)46(43)23-27-54(44,45)11)62-48(60)17-13-16-47(59)58(28-24-37-30-40(31-37)56-49(55)63-51(4,5)6)29-25-38-32-41(33-38)57-50(61)64-52(7,8)9/h18,35-38,40-46H,12-17,19-34H2,1-11H3,(H2,55,56)(H,57,61)/t36-,37?,38?,40?,41?,42+,43+,44-,45+,46+,53+,54-/m1/s1. The number of esters is 1. The van der Waals surface area contributed by atoms with Gasteiger partial charge in [0.05, 0.1) is 0 Å². The highest BCUT2D eigenvalue weighted by Crippen LogP contribution is 2.67. The Morgan fingerprint density at radius 1 is 0.797 bits per heavy atom. The molecule has 0 aliphatic heterocycles. The van der Waals surface area contributed by atoms with E-state index in [1.165, 1.54) is 51.4 Å². The van der Waals surface area contributed by atoms with Crippen LogP contribution < -0.4 is 10.6 Å². The van der Waals surface area contributed by atoms with Crippen molar-refractivity contribution in [2.24, 2.45) is 58.2 Å². The second-order valence-electron chi connectivity index (χ2n) is 24.9. The minimum Gasteiger partial charge on any atom is -0.462 e. The molecular weight excluding hydrogens is 801 g/mol. The zero-order valence-electron chi connectivity index (χ0n) is 42.4. The molecule has 6 aliphatic rings. The van der Waals surface area contributed by atoms with Crippen molar-refractivity contribution in [1.29, 1.82) is 5.41 Å². The van der Waals surface area contributed by atoms with E-state index < -0.39 is 11.2 Å². The molecule has 0 heterocycles. The third-order valence-corrected chi connectivity index (χ3v) is 17.2. The molecule has 0 aromatic rings. The number of fused-ring (bicyclic) bond motifs is 5. The molecule has 10 heteroatoms. The molecule has 0 unspecified atom stereocenters. The van der Waals surface area contributed by atoms with Crippen LogP contribution in [0.25, 0.3) is 0 Å². The first kappa shape index (κ1) is 50.6. The van der Waals surface area contributed by atoms with Gasteiger partial charge in [0.1, 0.15) is 17.3 Å². The molecule has 8 atom stereocenters. The van der Waals surface area contributed by atoms with Crippen LogP contribution in [0.3, 0.4) is 0 Å². The maximum absolute atomic E-state index is 13.8. The molecule has 5 saturated carbocycles. The SMILES string of the molecule is CC(C)CCC[C@@H](C)[C@H]1CC[C@H]2[C@@H]3CC=C4C[C@@H](OC(=O)CCCC(=O)N(CCC5CC(NC(=N)OC(C)(C)C)C5)CCC5CC(NC(=O)OC(C)(C)C)C5)CC[C@]4(C)[C@H]3CC[C@]12C. The predicted molar refractivity (Wildman–Crippen MR) is 257 cm³/mol. The molecule has 6 aliphatic carbocycles. The minimum atomic E-state index is -0.526. The molecule has 0 bridgehead atoms. The summed E-state index contributed by atoms with van der Waals surface area (Å²) >= 11 is 0. The molecule has 64 heavy (non-hydrogen) atoms. The van der Waals surface area contributed by atoms with Crippen molar-refractivity contribution in [3.05, 3.63) is 11.6 Å². The molecule has 3 N–H and O–H groups in total. The molecule has 0 radical (unpaired) electrons. The van der Waals surface area contributed by atoms with Gasteiger partial charge in [-0.25, -0.2) is 4.79 Å². The second kappa shape index (κ2) is 21.0.